The Labute approximate surface area is 106 Å². The van der Waals surface area contributed by atoms with E-state index in [1.807, 2.05) is 6.92 Å². The molecule has 1 N–H and O–H groups in total. The average Bonchev–Trinajstić information content (AvgIpc) is 2.87. The fraction of sp³-hybridized carbons (Fsp3) is 0.571. The maximum Gasteiger partial charge on any atom is 0.126 e. The predicted octanol–water partition coefficient (Wildman–Crippen LogP) is 2.66. The predicted molar refractivity (Wildman–Crippen MR) is 66.5 cm³/mol. The Morgan fingerprint density at radius 1 is 1.44 bits per heavy atom. The lowest BCUT2D eigenvalue weighted by Gasteiger charge is -2.24. The van der Waals surface area contributed by atoms with Crippen LogP contribution in [0.25, 0.3) is 0 Å². The lowest BCUT2D eigenvalue weighted by molar-refractivity contribution is 0.0786. The van der Waals surface area contributed by atoms with Crippen LogP contribution >= 0.6 is 0 Å². The van der Waals surface area contributed by atoms with Crippen LogP contribution in [0.2, 0.25) is 0 Å². The largest absolute Gasteiger partial charge is 0.377 e. The second-order valence-corrected chi connectivity index (χ2v) is 4.66. The molecule has 0 amide bonds. The van der Waals surface area contributed by atoms with E-state index in [1.165, 1.54) is 12.1 Å². The third-order valence-electron chi connectivity index (χ3n) is 3.33. The first kappa shape index (κ1) is 13.4. The van der Waals surface area contributed by atoms with Crippen molar-refractivity contribution in [3.63, 3.8) is 0 Å². The van der Waals surface area contributed by atoms with Gasteiger partial charge in [-0.05, 0) is 49.6 Å². The highest BCUT2D eigenvalue weighted by Crippen LogP contribution is 2.20. The molecule has 0 aromatic heterocycles. The second-order valence-electron chi connectivity index (χ2n) is 4.66. The van der Waals surface area contributed by atoms with E-state index in [0.29, 0.717) is 12.0 Å². The number of likely N-dealkylation sites (N-methyl/N-ethyl adjacent to an activating group) is 1. The molecular formula is C14H19F2NO. The van der Waals surface area contributed by atoms with Crippen molar-refractivity contribution in [2.75, 3.05) is 13.2 Å². The van der Waals surface area contributed by atoms with Gasteiger partial charge in [0.1, 0.15) is 11.6 Å². The van der Waals surface area contributed by atoms with E-state index in [4.69, 9.17) is 4.74 Å². The highest BCUT2D eigenvalue weighted by molar-refractivity contribution is 5.20. The van der Waals surface area contributed by atoms with Gasteiger partial charge in [-0.3, -0.25) is 0 Å². The SMILES string of the molecule is CCNC(Cc1cc(F)ccc1F)C1CCCO1. The van der Waals surface area contributed by atoms with Crippen molar-refractivity contribution >= 4 is 0 Å². The molecule has 0 saturated carbocycles. The lowest BCUT2D eigenvalue weighted by Crippen LogP contribution is -2.41. The van der Waals surface area contributed by atoms with Gasteiger partial charge in [-0.2, -0.15) is 0 Å². The molecule has 1 heterocycles. The summed E-state index contributed by atoms with van der Waals surface area (Å²) in [6.45, 7) is 3.56. The number of ether oxygens (including phenoxy) is 1. The minimum Gasteiger partial charge on any atom is -0.377 e. The monoisotopic (exact) mass is 255 g/mol. The molecule has 2 unspecified atom stereocenters. The summed E-state index contributed by atoms with van der Waals surface area (Å²) in [4.78, 5) is 0. The van der Waals surface area contributed by atoms with Crippen molar-refractivity contribution in [1.82, 2.24) is 5.32 Å². The van der Waals surface area contributed by atoms with Gasteiger partial charge in [-0.25, -0.2) is 8.78 Å². The van der Waals surface area contributed by atoms with Crippen LogP contribution in [0.3, 0.4) is 0 Å². The molecule has 0 radical (unpaired) electrons. The Balaban J connectivity index is 2.09. The standard InChI is InChI=1S/C14H19F2NO/c1-2-17-13(14-4-3-7-18-14)9-10-8-11(15)5-6-12(10)16/h5-6,8,13-14,17H,2-4,7,9H2,1H3. The zero-order valence-electron chi connectivity index (χ0n) is 10.6. The fourth-order valence-electron chi connectivity index (χ4n) is 2.45. The number of hydrogen-bond donors (Lipinski definition) is 1. The molecule has 0 aliphatic carbocycles. The number of rotatable bonds is 5. The minimum absolute atomic E-state index is 0.0498. The highest BCUT2D eigenvalue weighted by atomic mass is 19.1. The van der Waals surface area contributed by atoms with Gasteiger partial charge in [0.05, 0.1) is 6.10 Å². The van der Waals surface area contributed by atoms with Crippen LogP contribution in [0.1, 0.15) is 25.3 Å². The van der Waals surface area contributed by atoms with E-state index < -0.39 is 5.82 Å². The topological polar surface area (TPSA) is 21.3 Å². The normalized spacial score (nSPS) is 21.2. The molecule has 18 heavy (non-hydrogen) atoms. The number of nitrogens with one attached hydrogen (secondary N) is 1. The third kappa shape index (κ3) is 3.27. The van der Waals surface area contributed by atoms with Crippen molar-refractivity contribution in [1.29, 1.82) is 0 Å². The van der Waals surface area contributed by atoms with Crippen LogP contribution in [-0.2, 0) is 11.2 Å². The molecule has 100 valence electrons. The van der Waals surface area contributed by atoms with Crippen molar-refractivity contribution in [3.05, 3.63) is 35.4 Å². The molecule has 1 saturated heterocycles. The van der Waals surface area contributed by atoms with Gasteiger partial charge in [0.15, 0.2) is 0 Å². The van der Waals surface area contributed by atoms with Gasteiger partial charge in [0.25, 0.3) is 0 Å². The van der Waals surface area contributed by atoms with E-state index in [9.17, 15) is 8.78 Å². The summed E-state index contributed by atoms with van der Waals surface area (Å²) in [5.41, 5.74) is 0.413. The molecule has 0 spiro atoms. The molecular weight excluding hydrogens is 236 g/mol. The number of halogens is 2. The average molecular weight is 255 g/mol. The van der Waals surface area contributed by atoms with Crippen LogP contribution in [0, 0.1) is 11.6 Å². The third-order valence-corrected chi connectivity index (χ3v) is 3.33. The molecule has 4 heteroatoms. The molecule has 1 aliphatic heterocycles. The summed E-state index contributed by atoms with van der Waals surface area (Å²) in [5.74, 6) is -0.744. The Morgan fingerprint density at radius 2 is 2.28 bits per heavy atom. The smallest absolute Gasteiger partial charge is 0.126 e. The first-order valence-corrected chi connectivity index (χ1v) is 6.49. The van der Waals surface area contributed by atoms with Gasteiger partial charge in [-0.1, -0.05) is 6.92 Å². The van der Waals surface area contributed by atoms with E-state index in [-0.39, 0.29) is 18.0 Å². The van der Waals surface area contributed by atoms with Crippen molar-refractivity contribution in [3.8, 4) is 0 Å². The second kappa shape index (κ2) is 6.25. The number of benzene rings is 1. The molecule has 1 aromatic carbocycles. The molecule has 1 fully saturated rings. The van der Waals surface area contributed by atoms with E-state index in [2.05, 4.69) is 5.32 Å². The van der Waals surface area contributed by atoms with E-state index in [1.54, 1.807) is 0 Å². The first-order chi connectivity index (χ1) is 8.70. The van der Waals surface area contributed by atoms with Gasteiger partial charge in [-0.15, -0.1) is 0 Å². The highest BCUT2D eigenvalue weighted by Gasteiger charge is 2.26. The minimum atomic E-state index is -0.394. The molecule has 1 aliphatic rings. The summed E-state index contributed by atoms with van der Waals surface area (Å²) >= 11 is 0. The van der Waals surface area contributed by atoms with E-state index in [0.717, 1.165) is 32.1 Å². The van der Waals surface area contributed by atoms with Gasteiger partial charge in [0.2, 0.25) is 0 Å². The summed E-state index contributed by atoms with van der Waals surface area (Å²) in [5, 5.41) is 3.31. The van der Waals surface area contributed by atoms with Gasteiger partial charge >= 0.3 is 0 Å². The van der Waals surface area contributed by atoms with Gasteiger partial charge in [0, 0.05) is 12.6 Å². The molecule has 1 aromatic rings. The summed E-state index contributed by atoms with van der Waals surface area (Å²) < 4.78 is 32.4. The number of hydrogen-bond acceptors (Lipinski definition) is 2. The fourth-order valence-corrected chi connectivity index (χ4v) is 2.45. The zero-order chi connectivity index (χ0) is 13.0. The van der Waals surface area contributed by atoms with Gasteiger partial charge < -0.3 is 10.1 Å². The lowest BCUT2D eigenvalue weighted by atomic mass is 9.99. The van der Waals surface area contributed by atoms with Crippen LogP contribution in [0.5, 0.6) is 0 Å². The maximum absolute atomic E-state index is 13.6. The van der Waals surface area contributed by atoms with Crippen molar-refractivity contribution in [2.45, 2.75) is 38.3 Å². The van der Waals surface area contributed by atoms with E-state index >= 15 is 0 Å². The zero-order valence-corrected chi connectivity index (χ0v) is 10.6. The Morgan fingerprint density at radius 3 is 2.94 bits per heavy atom. The Kier molecular flexibility index (Phi) is 4.66. The van der Waals surface area contributed by atoms with Crippen LogP contribution in [-0.4, -0.2) is 25.3 Å². The van der Waals surface area contributed by atoms with Crippen LogP contribution in [0.4, 0.5) is 8.78 Å². The molecule has 0 bridgehead atoms. The molecule has 2 rings (SSSR count). The van der Waals surface area contributed by atoms with Crippen molar-refractivity contribution in [2.24, 2.45) is 0 Å². The van der Waals surface area contributed by atoms with Crippen LogP contribution < -0.4 is 5.32 Å². The summed E-state index contributed by atoms with van der Waals surface area (Å²) in [6.07, 6.45) is 2.59. The Bertz CT molecular complexity index is 391. The molecule has 2 nitrogen and oxygen atoms in total. The van der Waals surface area contributed by atoms with Crippen LogP contribution in [0.15, 0.2) is 18.2 Å². The Hall–Kier alpha value is -1.00. The van der Waals surface area contributed by atoms with Crippen molar-refractivity contribution < 1.29 is 13.5 Å². The molecule has 2 atom stereocenters. The summed E-state index contributed by atoms with van der Waals surface area (Å²) in [6, 6.07) is 3.65. The summed E-state index contributed by atoms with van der Waals surface area (Å²) in [7, 11) is 0. The first-order valence-electron chi connectivity index (χ1n) is 6.49. The maximum atomic E-state index is 13.6. The quantitative estimate of drug-likeness (QED) is 0.873.